The summed E-state index contributed by atoms with van der Waals surface area (Å²) in [6.45, 7) is 5.67. The fraction of sp³-hybridized carbons (Fsp3) is 0.333. The van der Waals surface area contributed by atoms with E-state index >= 15 is 0 Å². The Balaban J connectivity index is 2.31. The van der Waals surface area contributed by atoms with Crippen LogP contribution >= 0.6 is 0 Å². The van der Waals surface area contributed by atoms with E-state index in [2.05, 4.69) is 29.6 Å². The molecule has 2 aromatic rings. The van der Waals surface area contributed by atoms with E-state index in [1.54, 1.807) is 0 Å². The van der Waals surface area contributed by atoms with Crippen molar-refractivity contribution in [2.24, 2.45) is 0 Å². The van der Waals surface area contributed by atoms with Crippen molar-refractivity contribution < 1.29 is 5.11 Å². The molecule has 0 aliphatic heterocycles. The summed E-state index contributed by atoms with van der Waals surface area (Å²) in [6.07, 6.45) is 0. The van der Waals surface area contributed by atoms with Crippen LogP contribution in [-0.4, -0.2) is 16.7 Å². The lowest BCUT2D eigenvalue weighted by Gasteiger charge is -2.31. The van der Waals surface area contributed by atoms with Crippen molar-refractivity contribution in [3.05, 3.63) is 71.8 Å². The van der Waals surface area contributed by atoms with E-state index in [9.17, 15) is 5.11 Å². The third-order valence-corrected chi connectivity index (χ3v) is 3.74. The molecular formula is C18H23NO. The van der Waals surface area contributed by atoms with Gasteiger partial charge in [0.15, 0.2) is 0 Å². The van der Waals surface area contributed by atoms with Crippen molar-refractivity contribution in [2.75, 3.05) is 0 Å². The van der Waals surface area contributed by atoms with Gasteiger partial charge in [-0.2, -0.15) is 0 Å². The van der Waals surface area contributed by atoms with Crippen LogP contribution in [0.25, 0.3) is 0 Å². The van der Waals surface area contributed by atoms with Gasteiger partial charge in [-0.25, -0.2) is 0 Å². The summed E-state index contributed by atoms with van der Waals surface area (Å²) < 4.78 is 0. The Labute approximate surface area is 121 Å². The summed E-state index contributed by atoms with van der Waals surface area (Å²) in [7, 11) is 0. The highest BCUT2D eigenvalue weighted by molar-refractivity contribution is 5.31. The Bertz CT molecular complexity index is 477. The van der Waals surface area contributed by atoms with Crippen molar-refractivity contribution in [3.8, 4) is 0 Å². The molecule has 0 spiro atoms. The smallest absolute Gasteiger partial charge is 0.0741 e. The summed E-state index contributed by atoms with van der Waals surface area (Å²) in [4.78, 5) is 0. The summed E-state index contributed by atoms with van der Waals surface area (Å²) in [5.41, 5.74) is 1.64. The molecule has 0 fully saturated rings. The molecule has 0 amide bonds. The molecule has 2 nitrogen and oxygen atoms in total. The second-order valence-electron chi connectivity index (χ2n) is 5.80. The molecule has 2 heteroatoms. The fourth-order valence-corrected chi connectivity index (χ4v) is 2.13. The van der Waals surface area contributed by atoms with Gasteiger partial charge >= 0.3 is 0 Å². The summed E-state index contributed by atoms with van der Waals surface area (Å²) in [5, 5.41) is 13.7. The van der Waals surface area contributed by atoms with Gasteiger partial charge in [0, 0.05) is 6.04 Å². The van der Waals surface area contributed by atoms with Crippen molar-refractivity contribution in [3.63, 3.8) is 0 Å². The molecule has 0 aliphatic rings. The van der Waals surface area contributed by atoms with E-state index < -0.39 is 5.60 Å². The Morgan fingerprint density at radius 3 is 1.60 bits per heavy atom. The first-order valence-corrected chi connectivity index (χ1v) is 7.07. The molecule has 0 heterocycles. The van der Waals surface area contributed by atoms with Gasteiger partial charge in [0.05, 0.1) is 11.6 Å². The maximum Gasteiger partial charge on any atom is 0.0741 e. The predicted octanol–water partition coefficient (Wildman–Crippen LogP) is 3.53. The highest BCUT2D eigenvalue weighted by atomic mass is 16.3. The van der Waals surface area contributed by atoms with Crippen LogP contribution in [0.3, 0.4) is 0 Å². The average Bonchev–Trinajstić information content (AvgIpc) is 2.45. The van der Waals surface area contributed by atoms with Gasteiger partial charge in [0.2, 0.25) is 0 Å². The zero-order valence-electron chi connectivity index (χ0n) is 12.4. The molecule has 0 saturated heterocycles. The van der Waals surface area contributed by atoms with Crippen molar-refractivity contribution in [1.29, 1.82) is 0 Å². The third-order valence-electron chi connectivity index (χ3n) is 3.74. The largest absolute Gasteiger partial charge is 0.389 e. The summed E-state index contributed by atoms with van der Waals surface area (Å²) in [6, 6.07) is 20.7. The van der Waals surface area contributed by atoms with Crippen LogP contribution in [0.5, 0.6) is 0 Å². The molecule has 2 rings (SSSR count). The first-order valence-electron chi connectivity index (χ1n) is 7.07. The minimum Gasteiger partial charge on any atom is -0.389 e. The fourth-order valence-electron chi connectivity index (χ4n) is 2.13. The molecule has 0 radical (unpaired) electrons. The second kappa shape index (κ2) is 6.21. The molecule has 0 aliphatic carbocycles. The molecule has 2 aromatic carbocycles. The molecule has 0 bridgehead atoms. The number of aliphatic hydroxyl groups is 1. The van der Waals surface area contributed by atoms with E-state index in [-0.39, 0.29) is 12.1 Å². The lowest BCUT2D eigenvalue weighted by Crippen LogP contribution is -2.46. The maximum atomic E-state index is 10.2. The van der Waals surface area contributed by atoms with Gasteiger partial charge < -0.3 is 10.4 Å². The maximum absolute atomic E-state index is 10.2. The lowest BCUT2D eigenvalue weighted by molar-refractivity contribution is 0.0415. The van der Waals surface area contributed by atoms with Gasteiger partial charge in [0.25, 0.3) is 0 Å². The van der Waals surface area contributed by atoms with E-state index in [1.165, 1.54) is 11.1 Å². The Hall–Kier alpha value is -1.64. The Morgan fingerprint density at radius 1 is 0.850 bits per heavy atom. The Morgan fingerprint density at radius 2 is 1.25 bits per heavy atom. The van der Waals surface area contributed by atoms with E-state index in [0.717, 1.165) is 0 Å². The first-order chi connectivity index (χ1) is 9.48. The minimum absolute atomic E-state index is 0.0205. The normalized spacial score (nSPS) is 13.4. The highest BCUT2D eigenvalue weighted by Crippen LogP contribution is 2.24. The van der Waals surface area contributed by atoms with Crippen LogP contribution in [0.15, 0.2) is 60.7 Å². The van der Waals surface area contributed by atoms with Crippen molar-refractivity contribution in [1.82, 2.24) is 5.32 Å². The SMILES string of the molecule is CC(NC(c1ccccc1)c1ccccc1)C(C)(C)O. The van der Waals surface area contributed by atoms with Crippen molar-refractivity contribution in [2.45, 2.75) is 38.5 Å². The van der Waals surface area contributed by atoms with Gasteiger partial charge in [-0.1, -0.05) is 60.7 Å². The van der Waals surface area contributed by atoms with E-state index in [0.29, 0.717) is 0 Å². The molecule has 20 heavy (non-hydrogen) atoms. The van der Waals surface area contributed by atoms with Crippen LogP contribution < -0.4 is 5.32 Å². The monoisotopic (exact) mass is 269 g/mol. The van der Waals surface area contributed by atoms with Crippen molar-refractivity contribution >= 4 is 0 Å². The Kier molecular flexibility index (Phi) is 4.58. The first kappa shape index (κ1) is 14.8. The summed E-state index contributed by atoms with van der Waals surface area (Å²) in [5.74, 6) is 0. The number of benzene rings is 2. The molecule has 1 unspecified atom stereocenters. The molecular weight excluding hydrogens is 246 g/mol. The average molecular weight is 269 g/mol. The van der Waals surface area contributed by atoms with Crippen LogP contribution in [-0.2, 0) is 0 Å². The van der Waals surface area contributed by atoms with E-state index in [1.807, 2.05) is 57.2 Å². The molecule has 106 valence electrons. The van der Waals surface area contributed by atoms with Crippen LogP contribution in [0.1, 0.15) is 37.9 Å². The zero-order valence-corrected chi connectivity index (χ0v) is 12.4. The quantitative estimate of drug-likeness (QED) is 0.870. The molecule has 0 aromatic heterocycles. The number of nitrogens with one attached hydrogen (secondary N) is 1. The number of rotatable bonds is 5. The topological polar surface area (TPSA) is 32.3 Å². The zero-order chi connectivity index (χ0) is 14.6. The van der Waals surface area contributed by atoms with Crippen LogP contribution in [0, 0.1) is 0 Å². The van der Waals surface area contributed by atoms with Gasteiger partial charge in [-0.15, -0.1) is 0 Å². The number of hydrogen-bond acceptors (Lipinski definition) is 2. The second-order valence-corrected chi connectivity index (χ2v) is 5.80. The minimum atomic E-state index is -0.762. The molecule has 2 N–H and O–H groups in total. The highest BCUT2D eigenvalue weighted by Gasteiger charge is 2.26. The summed E-state index contributed by atoms with van der Waals surface area (Å²) >= 11 is 0. The van der Waals surface area contributed by atoms with Crippen LogP contribution in [0.2, 0.25) is 0 Å². The molecule has 0 saturated carbocycles. The van der Waals surface area contributed by atoms with Gasteiger partial charge in [-0.3, -0.25) is 0 Å². The van der Waals surface area contributed by atoms with Gasteiger partial charge in [-0.05, 0) is 31.9 Å². The van der Waals surface area contributed by atoms with Crippen LogP contribution in [0.4, 0.5) is 0 Å². The molecule has 1 atom stereocenters. The predicted molar refractivity (Wildman–Crippen MR) is 83.6 cm³/mol. The van der Waals surface area contributed by atoms with E-state index in [4.69, 9.17) is 0 Å². The third kappa shape index (κ3) is 3.69. The lowest BCUT2D eigenvalue weighted by atomic mass is 9.94. The standard InChI is InChI=1S/C18H23NO/c1-14(18(2,3)20)19-17(15-10-6-4-7-11-15)16-12-8-5-9-13-16/h4-14,17,19-20H,1-3H3. The van der Waals surface area contributed by atoms with Gasteiger partial charge in [0.1, 0.15) is 0 Å². The number of hydrogen-bond donors (Lipinski definition) is 2.